The van der Waals surface area contributed by atoms with Gasteiger partial charge in [-0.05, 0) is 12.8 Å². The molecule has 1 saturated carbocycles. The summed E-state index contributed by atoms with van der Waals surface area (Å²) in [5.74, 6) is -0.225. The molecular formula is C14H22N4O3. The molecule has 0 aromatic heterocycles. The van der Waals surface area contributed by atoms with E-state index in [9.17, 15) is 14.4 Å². The summed E-state index contributed by atoms with van der Waals surface area (Å²) >= 11 is 0. The van der Waals surface area contributed by atoms with Gasteiger partial charge in [0.2, 0.25) is 11.8 Å². The molecule has 21 heavy (non-hydrogen) atoms. The Hall–Kier alpha value is -1.79. The third-order valence-corrected chi connectivity index (χ3v) is 4.64. The highest BCUT2D eigenvalue weighted by Gasteiger charge is 2.40. The lowest BCUT2D eigenvalue weighted by molar-refractivity contribution is -0.148. The van der Waals surface area contributed by atoms with Gasteiger partial charge in [0.15, 0.2) is 0 Å². The number of fused-ring (bicyclic) bond motifs is 1. The summed E-state index contributed by atoms with van der Waals surface area (Å²) in [7, 11) is 0. The van der Waals surface area contributed by atoms with Gasteiger partial charge in [-0.2, -0.15) is 0 Å². The van der Waals surface area contributed by atoms with Crippen molar-refractivity contribution < 1.29 is 14.4 Å². The molecule has 0 radical (unpaired) electrons. The number of hydrogen-bond acceptors (Lipinski definition) is 3. The summed E-state index contributed by atoms with van der Waals surface area (Å²) in [6.07, 6.45) is 5.65. The molecule has 2 heterocycles. The SMILES string of the molecule is O=C1NCC(=O)N2CCN(C(=O)NC3CCCCC3)C[C@H]12. The van der Waals surface area contributed by atoms with Crippen LogP contribution in [0.2, 0.25) is 0 Å². The van der Waals surface area contributed by atoms with Gasteiger partial charge in [0, 0.05) is 19.1 Å². The number of carbonyl (C=O) groups excluding carboxylic acids is 3. The molecule has 0 aromatic rings. The van der Waals surface area contributed by atoms with Gasteiger partial charge >= 0.3 is 6.03 Å². The van der Waals surface area contributed by atoms with Crippen LogP contribution in [0, 0.1) is 0 Å². The Kier molecular flexibility index (Phi) is 3.98. The van der Waals surface area contributed by atoms with Crippen LogP contribution in [-0.2, 0) is 9.59 Å². The quantitative estimate of drug-likeness (QED) is 0.695. The minimum atomic E-state index is -0.530. The zero-order valence-electron chi connectivity index (χ0n) is 12.1. The molecule has 0 spiro atoms. The molecular weight excluding hydrogens is 272 g/mol. The lowest BCUT2D eigenvalue weighted by atomic mass is 9.96. The third kappa shape index (κ3) is 2.96. The van der Waals surface area contributed by atoms with E-state index in [0.717, 1.165) is 25.7 Å². The van der Waals surface area contributed by atoms with E-state index in [0.29, 0.717) is 13.1 Å². The fraction of sp³-hybridized carbons (Fsp3) is 0.786. The van der Waals surface area contributed by atoms with Crippen LogP contribution in [0.3, 0.4) is 0 Å². The average molecular weight is 294 g/mol. The van der Waals surface area contributed by atoms with E-state index in [4.69, 9.17) is 0 Å². The molecule has 2 aliphatic heterocycles. The first-order valence-electron chi connectivity index (χ1n) is 7.78. The predicted octanol–water partition coefficient (Wildman–Crippen LogP) is -0.329. The third-order valence-electron chi connectivity index (χ3n) is 4.64. The van der Waals surface area contributed by atoms with Gasteiger partial charge in [-0.3, -0.25) is 9.59 Å². The Morgan fingerprint density at radius 2 is 1.90 bits per heavy atom. The average Bonchev–Trinajstić information content (AvgIpc) is 2.52. The number of rotatable bonds is 1. The van der Waals surface area contributed by atoms with Crippen molar-refractivity contribution in [3.05, 3.63) is 0 Å². The van der Waals surface area contributed by atoms with Crippen molar-refractivity contribution in [3.8, 4) is 0 Å². The monoisotopic (exact) mass is 294 g/mol. The number of nitrogens with zero attached hydrogens (tertiary/aromatic N) is 2. The number of amides is 4. The number of piperazine rings is 2. The summed E-state index contributed by atoms with van der Waals surface area (Å²) in [6, 6.07) is -0.379. The number of hydrogen-bond donors (Lipinski definition) is 2. The Balaban J connectivity index is 1.58. The first-order chi connectivity index (χ1) is 10.1. The van der Waals surface area contributed by atoms with Crippen molar-refractivity contribution in [1.82, 2.24) is 20.4 Å². The van der Waals surface area contributed by atoms with Gasteiger partial charge in [0.25, 0.3) is 0 Å². The van der Waals surface area contributed by atoms with Crippen LogP contribution in [0.25, 0.3) is 0 Å². The van der Waals surface area contributed by atoms with Crippen LogP contribution in [0.5, 0.6) is 0 Å². The van der Waals surface area contributed by atoms with Crippen molar-refractivity contribution in [3.63, 3.8) is 0 Å². The van der Waals surface area contributed by atoms with Crippen LogP contribution in [0.15, 0.2) is 0 Å². The Morgan fingerprint density at radius 3 is 2.67 bits per heavy atom. The fourth-order valence-electron chi connectivity index (χ4n) is 3.39. The zero-order valence-corrected chi connectivity index (χ0v) is 12.1. The summed E-state index contributed by atoms with van der Waals surface area (Å²) in [5, 5.41) is 5.65. The fourth-order valence-corrected chi connectivity index (χ4v) is 3.39. The summed E-state index contributed by atoms with van der Waals surface area (Å²) < 4.78 is 0. The summed E-state index contributed by atoms with van der Waals surface area (Å²) in [6.45, 7) is 1.29. The van der Waals surface area contributed by atoms with Crippen molar-refractivity contribution >= 4 is 17.8 Å². The number of carbonyl (C=O) groups is 3. The smallest absolute Gasteiger partial charge is 0.317 e. The minimum absolute atomic E-state index is 0.0630. The number of nitrogens with one attached hydrogen (secondary N) is 2. The van der Waals surface area contributed by atoms with Crippen molar-refractivity contribution in [2.24, 2.45) is 0 Å². The summed E-state index contributed by atoms with van der Waals surface area (Å²) in [5.41, 5.74) is 0. The molecule has 1 atom stereocenters. The van der Waals surface area contributed by atoms with Gasteiger partial charge in [-0.25, -0.2) is 4.79 Å². The van der Waals surface area contributed by atoms with Gasteiger partial charge in [0.05, 0.1) is 13.1 Å². The van der Waals surface area contributed by atoms with Crippen molar-refractivity contribution in [1.29, 1.82) is 0 Å². The van der Waals surface area contributed by atoms with Crippen LogP contribution < -0.4 is 10.6 Å². The maximum atomic E-state index is 12.3. The van der Waals surface area contributed by atoms with Crippen LogP contribution in [0.1, 0.15) is 32.1 Å². The second kappa shape index (κ2) is 5.91. The molecule has 1 aliphatic carbocycles. The largest absolute Gasteiger partial charge is 0.345 e. The predicted molar refractivity (Wildman–Crippen MR) is 75.5 cm³/mol. The van der Waals surface area contributed by atoms with Gasteiger partial charge < -0.3 is 20.4 Å². The van der Waals surface area contributed by atoms with Crippen LogP contribution in [-0.4, -0.2) is 65.9 Å². The highest BCUT2D eigenvalue weighted by Crippen LogP contribution is 2.18. The second-order valence-electron chi connectivity index (χ2n) is 6.05. The lowest BCUT2D eigenvalue weighted by Gasteiger charge is -2.43. The summed E-state index contributed by atoms with van der Waals surface area (Å²) in [4.78, 5) is 39.2. The van der Waals surface area contributed by atoms with E-state index >= 15 is 0 Å². The molecule has 0 aromatic carbocycles. The van der Waals surface area contributed by atoms with E-state index in [1.54, 1.807) is 9.80 Å². The van der Waals surface area contributed by atoms with Gasteiger partial charge in [-0.1, -0.05) is 19.3 Å². The molecule has 7 heteroatoms. The Bertz CT molecular complexity index is 448. The van der Waals surface area contributed by atoms with Crippen LogP contribution >= 0.6 is 0 Å². The topological polar surface area (TPSA) is 81.8 Å². The molecule has 0 bridgehead atoms. The lowest BCUT2D eigenvalue weighted by Crippen LogP contribution is -2.67. The van der Waals surface area contributed by atoms with E-state index in [2.05, 4.69) is 10.6 Å². The molecule has 7 nitrogen and oxygen atoms in total. The molecule has 3 aliphatic rings. The maximum absolute atomic E-state index is 12.3. The second-order valence-corrected chi connectivity index (χ2v) is 6.05. The van der Waals surface area contributed by atoms with Crippen molar-refractivity contribution in [2.75, 3.05) is 26.2 Å². The molecule has 0 unspecified atom stereocenters. The van der Waals surface area contributed by atoms with E-state index in [-0.39, 0.29) is 37.0 Å². The molecule has 116 valence electrons. The van der Waals surface area contributed by atoms with E-state index in [1.165, 1.54) is 6.42 Å². The highest BCUT2D eigenvalue weighted by molar-refractivity contribution is 5.95. The standard InChI is InChI=1S/C14H22N4O3/c19-12-8-15-13(20)11-9-17(6-7-18(11)12)14(21)16-10-4-2-1-3-5-10/h10-11H,1-9H2,(H,15,20)(H,16,21)/t11-/m1/s1. The first-order valence-corrected chi connectivity index (χ1v) is 7.78. The maximum Gasteiger partial charge on any atom is 0.317 e. The Morgan fingerprint density at radius 1 is 1.14 bits per heavy atom. The zero-order chi connectivity index (χ0) is 14.8. The first kappa shape index (κ1) is 14.2. The number of urea groups is 1. The molecule has 2 saturated heterocycles. The van der Waals surface area contributed by atoms with Gasteiger partial charge in [0.1, 0.15) is 6.04 Å². The Labute approximate surface area is 124 Å². The molecule has 3 fully saturated rings. The highest BCUT2D eigenvalue weighted by atomic mass is 16.2. The van der Waals surface area contributed by atoms with E-state index < -0.39 is 6.04 Å². The van der Waals surface area contributed by atoms with E-state index in [1.807, 2.05) is 0 Å². The molecule has 4 amide bonds. The molecule has 2 N–H and O–H groups in total. The normalized spacial score (nSPS) is 27.1. The van der Waals surface area contributed by atoms with Crippen LogP contribution in [0.4, 0.5) is 4.79 Å². The van der Waals surface area contributed by atoms with Crippen molar-refractivity contribution in [2.45, 2.75) is 44.2 Å². The molecule has 3 rings (SSSR count). The minimum Gasteiger partial charge on any atom is -0.345 e. The van der Waals surface area contributed by atoms with Gasteiger partial charge in [-0.15, -0.1) is 0 Å².